The monoisotopic (exact) mass is 662 g/mol. The molecule has 0 aliphatic carbocycles. The molecule has 4 amide bonds. The van der Waals surface area contributed by atoms with Gasteiger partial charge >= 0.3 is 6.09 Å². The van der Waals surface area contributed by atoms with Crippen molar-refractivity contribution < 1.29 is 23.9 Å². The zero-order valence-corrected chi connectivity index (χ0v) is 28.3. The molecule has 13 nitrogen and oxygen atoms in total. The van der Waals surface area contributed by atoms with E-state index in [9.17, 15) is 19.2 Å². The summed E-state index contributed by atoms with van der Waals surface area (Å²) in [5, 5.41) is 12.2. The standard InChI is InChI=1S/C35H50N8O5/c1-22(2)19-40-31(44)29(17-24-11-6-5-7-12-24)41-33(46)30(18-25-20-39-27-14-9-8-13-26(25)27)42-32(45)28(15-10-16-38-34(36)37)43-35(47)48-21-23(3)4/h5-9,11-14,20,22-23,28-30,39H,10,15-19,21H2,1-4H3,(H,40,44)(H,41,46)(H,42,45)(H,43,47)(H4,36,37,38)/t28-,29-,30-/m0/s1. The van der Waals surface area contributed by atoms with Crippen molar-refractivity contribution in [1.82, 2.24) is 26.3 Å². The summed E-state index contributed by atoms with van der Waals surface area (Å²) in [6.07, 6.45) is 1.95. The van der Waals surface area contributed by atoms with E-state index in [1.807, 2.05) is 82.3 Å². The number of nitrogens with one attached hydrogen (secondary N) is 5. The summed E-state index contributed by atoms with van der Waals surface area (Å²) in [5.74, 6) is -1.25. The minimum Gasteiger partial charge on any atom is -0.449 e. The van der Waals surface area contributed by atoms with Gasteiger partial charge in [0.05, 0.1) is 6.61 Å². The van der Waals surface area contributed by atoms with Crippen LogP contribution in [0.5, 0.6) is 0 Å². The lowest BCUT2D eigenvalue weighted by atomic mass is 10.0. The number of hydrogen-bond donors (Lipinski definition) is 7. The van der Waals surface area contributed by atoms with E-state index in [-0.39, 0.29) is 56.1 Å². The first kappa shape index (κ1) is 37.4. The molecule has 260 valence electrons. The van der Waals surface area contributed by atoms with Crippen LogP contribution < -0.4 is 32.7 Å². The Kier molecular flexibility index (Phi) is 14.7. The quantitative estimate of drug-likeness (QED) is 0.0615. The number of guanidine groups is 1. The molecule has 3 aromatic rings. The van der Waals surface area contributed by atoms with Crippen LogP contribution >= 0.6 is 0 Å². The largest absolute Gasteiger partial charge is 0.449 e. The predicted molar refractivity (Wildman–Crippen MR) is 187 cm³/mol. The molecule has 2 aromatic carbocycles. The highest BCUT2D eigenvalue weighted by Gasteiger charge is 2.31. The molecule has 0 bridgehead atoms. The average molecular weight is 663 g/mol. The Morgan fingerprint density at radius 3 is 2.10 bits per heavy atom. The number of rotatable bonds is 18. The second kappa shape index (κ2) is 18.9. The van der Waals surface area contributed by atoms with E-state index in [1.165, 1.54) is 0 Å². The molecule has 1 aromatic heterocycles. The number of alkyl carbamates (subject to hydrolysis) is 1. The van der Waals surface area contributed by atoms with Crippen LogP contribution in [0.15, 0.2) is 65.8 Å². The van der Waals surface area contributed by atoms with E-state index in [0.29, 0.717) is 13.0 Å². The number of carbonyl (C=O) groups is 4. The number of nitrogens with two attached hydrogens (primary N) is 2. The minimum absolute atomic E-state index is 0.0849. The van der Waals surface area contributed by atoms with E-state index < -0.39 is 36.0 Å². The van der Waals surface area contributed by atoms with E-state index in [0.717, 1.165) is 22.0 Å². The Bertz CT molecular complexity index is 1520. The fraction of sp³-hybridized carbons (Fsp3) is 0.457. The number of ether oxygens (including phenoxy) is 1. The Labute approximate surface area is 282 Å². The van der Waals surface area contributed by atoms with E-state index in [4.69, 9.17) is 16.2 Å². The summed E-state index contributed by atoms with van der Waals surface area (Å²) >= 11 is 0. The number of hydrogen-bond acceptors (Lipinski definition) is 6. The predicted octanol–water partition coefficient (Wildman–Crippen LogP) is 2.50. The van der Waals surface area contributed by atoms with E-state index >= 15 is 0 Å². The van der Waals surface area contributed by atoms with Crippen LogP contribution in [0, 0.1) is 11.8 Å². The summed E-state index contributed by atoms with van der Waals surface area (Å²) in [4.78, 5) is 61.0. The van der Waals surface area contributed by atoms with Gasteiger partial charge in [-0.05, 0) is 41.9 Å². The number of benzene rings is 2. The molecule has 3 atom stereocenters. The Morgan fingerprint density at radius 2 is 1.44 bits per heavy atom. The third-order valence-corrected chi connectivity index (χ3v) is 7.43. The van der Waals surface area contributed by atoms with Crippen LogP contribution in [-0.2, 0) is 32.0 Å². The number of para-hydroxylation sites is 1. The van der Waals surface area contributed by atoms with Crippen molar-refractivity contribution in [3.63, 3.8) is 0 Å². The van der Waals surface area contributed by atoms with Crippen molar-refractivity contribution in [3.8, 4) is 0 Å². The van der Waals surface area contributed by atoms with Crippen LogP contribution in [0.25, 0.3) is 10.9 Å². The molecule has 0 saturated heterocycles. The Morgan fingerprint density at radius 1 is 0.792 bits per heavy atom. The molecule has 48 heavy (non-hydrogen) atoms. The first-order valence-corrected chi connectivity index (χ1v) is 16.4. The molecule has 0 fully saturated rings. The van der Waals surface area contributed by atoms with Crippen molar-refractivity contribution >= 4 is 40.7 Å². The number of carbonyl (C=O) groups excluding carboxylic acids is 4. The fourth-order valence-corrected chi connectivity index (χ4v) is 4.96. The molecule has 0 spiro atoms. The second-order valence-electron chi connectivity index (χ2n) is 12.7. The van der Waals surface area contributed by atoms with E-state index in [2.05, 4.69) is 31.2 Å². The molecule has 0 aliphatic heterocycles. The number of amides is 4. The van der Waals surface area contributed by atoms with Gasteiger partial charge in [-0.25, -0.2) is 4.79 Å². The van der Waals surface area contributed by atoms with Crippen molar-refractivity contribution in [1.29, 1.82) is 0 Å². The van der Waals surface area contributed by atoms with Crippen molar-refractivity contribution in [2.24, 2.45) is 28.3 Å². The smallest absolute Gasteiger partial charge is 0.407 e. The number of aromatic amines is 1. The molecular formula is C35H50N8O5. The highest BCUT2D eigenvalue weighted by atomic mass is 16.5. The maximum atomic E-state index is 14.1. The molecule has 9 N–H and O–H groups in total. The minimum atomic E-state index is -1.10. The summed E-state index contributed by atoms with van der Waals surface area (Å²) in [7, 11) is 0. The van der Waals surface area contributed by atoms with Crippen LogP contribution in [0.4, 0.5) is 4.79 Å². The van der Waals surface area contributed by atoms with Crippen molar-refractivity contribution in [3.05, 3.63) is 71.9 Å². The maximum Gasteiger partial charge on any atom is 0.407 e. The van der Waals surface area contributed by atoms with Gasteiger partial charge in [0.1, 0.15) is 18.1 Å². The van der Waals surface area contributed by atoms with E-state index in [1.54, 1.807) is 6.20 Å². The van der Waals surface area contributed by atoms with Gasteiger partial charge in [0.15, 0.2) is 5.96 Å². The lowest BCUT2D eigenvalue weighted by Gasteiger charge is -2.26. The number of fused-ring (bicyclic) bond motifs is 1. The molecule has 0 aliphatic rings. The van der Waals surface area contributed by atoms with Crippen LogP contribution in [0.1, 0.15) is 51.7 Å². The van der Waals surface area contributed by atoms with Crippen LogP contribution in [-0.4, -0.2) is 72.6 Å². The van der Waals surface area contributed by atoms with Gasteiger partial charge in [0, 0.05) is 43.0 Å². The zero-order chi connectivity index (χ0) is 35.1. The number of aromatic nitrogens is 1. The van der Waals surface area contributed by atoms with Crippen LogP contribution in [0.3, 0.4) is 0 Å². The average Bonchev–Trinajstić information content (AvgIpc) is 3.46. The molecule has 0 radical (unpaired) electrons. The molecule has 13 heteroatoms. The molecule has 3 rings (SSSR count). The molecule has 1 heterocycles. The molecular weight excluding hydrogens is 612 g/mol. The second-order valence-corrected chi connectivity index (χ2v) is 12.7. The SMILES string of the molecule is CC(C)CNC(=O)[C@H](Cc1ccccc1)NC(=O)[C@H](Cc1c[nH]c2ccccc12)NC(=O)[C@H](CCCN=C(N)N)NC(=O)OCC(C)C. The normalized spacial score (nSPS) is 13.0. The maximum absolute atomic E-state index is 14.1. The number of aliphatic imine (C=N–C) groups is 1. The number of H-pyrrole nitrogens is 1. The summed E-state index contributed by atoms with van der Waals surface area (Å²) in [6.45, 7) is 8.61. The fourth-order valence-electron chi connectivity index (χ4n) is 4.96. The third kappa shape index (κ3) is 12.6. The van der Waals surface area contributed by atoms with Crippen molar-refractivity contribution in [2.75, 3.05) is 19.7 Å². The zero-order valence-electron chi connectivity index (χ0n) is 28.3. The van der Waals surface area contributed by atoms with Gasteiger partial charge in [-0.3, -0.25) is 19.4 Å². The van der Waals surface area contributed by atoms with Crippen LogP contribution in [0.2, 0.25) is 0 Å². The first-order chi connectivity index (χ1) is 22.9. The topological polar surface area (TPSA) is 206 Å². The van der Waals surface area contributed by atoms with Gasteiger partial charge in [0.25, 0.3) is 0 Å². The summed E-state index contributed by atoms with van der Waals surface area (Å²) in [6, 6.07) is 14.0. The van der Waals surface area contributed by atoms with Gasteiger partial charge in [-0.1, -0.05) is 76.2 Å². The van der Waals surface area contributed by atoms with Gasteiger partial charge in [-0.2, -0.15) is 0 Å². The molecule has 0 unspecified atom stereocenters. The first-order valence-electron chi connectivity index (χ1n) is 16.4. The van der Waals surface area contributed by atoms with Gasteiger partial charge in [-0.15, -0.1) is 0 Å². The Hall–Kier alpha value is -5.07. The number of nitrogens with zero attached hydrogens (tertiary/aromatic N) is 1. The summed E-state index contributed by atoms with van der Waals surface area (Å²) in [5.41, 5.74) is 13.4. The third-order valence-electron chi connectivity index (χ3n) is 7.43. The highest BCUT2D eigenvalue weighted by molar-refractivity contribution is 5.95. The highest BCUT2D eigenvalue weighted by Crippen LogP contribution is 2.19. The lowest BCUT2D eigenvalue weighted by Crippen LogP contribution is -2.58. The molecule has 0 saturated carbocycles. The van der Waals surface area contributed by atoms with Crippen molar-refractivity contribution in [2.45, 2.75) is 71.5 Å². The Balaban J connectivity index is 1.89. The van der Waals surface area contributed by atoms with Gasteiger partial charge in [0.2, 0.25) is 17.7 Å². The van der Waals surface area contributed by atoms with Gasteiger partial charge < -0.3 is 42.5 Å². The summed E-state index contributed by atoms with van der Waals surface area (Å²) < 4.78 is 5.26. The lowest BCUT2D eigenvalue weighted by molar-refractivity contribution is -0.132.